The second-order valence-electron chi connectivity index (χ2n) is 5.72. The Balaban J connectivity index is 1.89. The van der Waals surface area contributed by atoms with Crippen molar-refractivity contribution < 1.29 is 13.2 Å². The summed E-state index contributed by atoms with van der Waals surface area (Å²) >= 11 is 0. The average Bonchev–Trinajstić information content (AvgIpc) is 3.03. The molecule has 0 saturated heterocycles. The molecule has 1 aliphatic carbocycles. The largest absolute Gasteiger partial charge is 0.453 e. The van der Waals surface area contributed by atoms with Gasteiger partial charge in [0.1, 0.15) is 5.82 Å². The highest BCUT2D eigenvalue weighted by Crippen LogP contribution is 2.28. The number of halogens is 3. The molecule has 2 atom stereocenters. The molecule has 2 aromatic heterocycles. The minimum absolute atomic E-state index is 0.0773. The van der Waals surface area contributed by atoms with Crippen LogP contribution < -0.4 is 5.32 Å². The summed E-state index contributed by atoms with van der Waals surface area (Å²) in [6.07, 6.45) is -1.46. The summed E-state index contributed by atoms with van der Waals surface area (Å²) < 4.78 is 39.3. The van der Waals surface area contributed by atoms with Crippen molar-refractivity contribution in [2.75, 3.05) is 19.4 Å². The van der Waals surface area contributed by atoms with Crippen LogP contribution in [0.2, 0.25) is 0 Å². The smallest absolute Gasteiger partial charge is 0.364 e. The van der Waals surface area contributed by atoms with E-state index in [4.69, 9.17) is 0 Å². The second kappa shape index (κ2) is 5.38. The Labute approximate surface area is 125 Å². The zero-order valence-corrected chi connectivity index (χ0v) is 12.3. The molecule has 1 fully saturated rings. The van der Waals surface area contributed by atoms with Crippen LogP contribution >= 0.6 is 0 Å². The molecule has 0 amide bonds. The molecule has 0 aliphatic heterocycles. The maximum atomic E-state index is 12.9. The Kier molecular flexibility index (Phi) is 3.67. The van der Waals surface area contributed by atoms with Crippen molar-refractivity contribution >= 4 is 11.5 Å². The van der Waals surface area contributed by atoms with Crippen molar-refractivity contribution in [3.05, 3.63) is 18.0 Å². The highest BCUT2D eigenvalue weighted by atomic mass is 19.4. The van der Waals surface area contributed by atoms with Crippen LogP contribution in [0.3, 0.4) is 0 Å². The number of aromatic nitrogens is 4. The number of alkyl halides is 3. The molecule has 120 valence electrons. The Morgan fingerprint density at radius 1 is 1.23 bits per heavy atom. The van der Waals surface area contributed by atoms with Crippen molar-refractivity contribution in [2.24, 2.45) is 0 Å². The quantitative estimate of drug-likeness (QED) is 0.939. The zero-order valence-electron chi connectivity index (χ0n) is 12.3. The topological polar surface area (TPSA) is 58.3 Å². The molecule has 22 heavy (non-hydrogen) atoms. The van der Waals surface area contributed by atoms with Crippen molar-refractivity contribution in [3.8, 4) is 0 Å². The third kappa shape index (κ3) is 2.72. The number of likely N-dealkylation sites (N-methyl/N-ethyl adjacent to an activating group) is 1. The molecule has 0 bridgehead atoms. The monoisotopic (exact) mass is 314 g/mol. The minimum Gasteiger partial charge on any atom is -0.364 e. The first-order valence-electron chi connectivity index (χ1n) is 7.09. The molecule has 3 rings (SSSR count). The molecule has 1 N–H and O–H groups in total. The van der Waals surface area contributed by atoms with Gasteiger partial charge in [0.05, 0.1) is 0 Å². The van der Waals surface area contributed by atoms with E-state index in [0.29, 0.717) is 11.9 Å². The summed E-state index contributed by atoms with van der Waals surface area (Å²) in [7, 11) is 4.01. The molecule has 0 spiro atoms. The van der Waals surface area contributed by atoms with Crippen LogP contribution in [-0.4, -0.2) is 50.9 Å². The Morgan fingerprint density at radius 3 is 2.68 bits per heavy atom. The van der Waals surface area contributed by atoms with Crippen LogP contribution in [0.25, 0.3) is 5.65 Å². The first-order valence-corrected chi connectivity index (χ1v) is 7.09. The van der Waals surface area contributed by atoms with E-state index in [0.717, 1.165) is 23.8 Å². The van der Waals surface area contributed by atoms with Crippen LogP contribution in [0, 0.1) is 0 Å². The van der Waals surface area contributed by atoms with Crippen molar-refractivity contribution in [1.82, 2.24) is 24.7 Å². The number of hydrogen-bond acceptors (Lipinski definition) is 5. The van der Waals surface area contributed by atoms with Crippen molar-refractivity contribution in [3.63, 3.8) is 0 Å². The second-order valence-corrected chi connectivity index (χ2v) is 5.72. The Morgan fingerprint density at radius 2 is 2.00 bits per heavy atom. The molecule has 0 unspecified atom stereocenters. The maximum absolute atomic E-state index is 12.9. The van der Waals surface area contributed by atoms with Gasteiger partial charge in [-0.05, 0) is 45.5 Å². The summed E-state index contributed by atoms with van der Waals surface area (Å²) in [5.74, 6) is -0.710. The SMILES string of the molecule is CN(C)[C@@H]1CCC[C@@H]1Nc1ccc2nnc(C(F)(F)F)n2n1. The molecular formula is C13H17F3N6. The van der Waals surface area contributed by atoms with E-state index < -0.39 is 12.0 Å². The molecule has 2 heterocycles. The van der Waals surface area contributed by atoms with Gasteiger partial charge in [0.2, 0.25) is 0 Å². The van der Waals surface area contributed by atoms with Gasteiger partial charge in [0.15, 0.2) is 5.65 Å². The molecule has 9 heteroatoms. The predicted molar refractivity (Wildman–Crippen MR) is 74.5 cm³/mol. The molecule has 1 aliphatic rings. The summed E-state index contributed by atoms with van der Waals surface area (Å²) in [4.78, 5) is 2.13. The number of hydrogen-bond donors (Lipinski definition) is 1. The fourth-order valence-corrected chi connectivity index (χ4v) is 2.96. The van der Waals surface area contributed by atoms with Gasteiger partial charge in [0, 0.05) is 12.1 Å². The highest BCUT2D eigenvalue weighted by Gasteiger charge is 2.38. The van der Waals surface area contributed by atoms with E-state index in [1.165, 1.54) is 6.07 Å². The van der Waals surface area contributed by atoms with E-state index in [9.17, 15) is 13.2 Å². The predicted octanol–water partition coefficient (Wildman–Crippen LogP) is 2.04. The lowest BCUT2D eigenvalue weighted by Gasteiger charge is -2.27. The van der Waals surface area contributed by atoms with Gasteiger partial charge in [-0.1, -0.05) is 0 Å². The van der Waals surface area contributed by atoms with E-state index in [2.05, 4.69) is 25.5 Å². The summed E-state index contributed by atoms with van der Waals surface area (Å²) in [6, 6.07) is 3.64. The Bertz CT molecular complexity index is 665. The van der Waals surface area contributed by atoms with Gasteiger partial charge in [0.25, 0.3) is 5.82 Å². The minimum atomic E-state index is -4.58. The van der Waals surface area contributed by atoms with Gasteiger partial charge in [-0.2, -0.15) is 17.7 Å². The highest BCUT2D eigenvalue weighted by molar-refractivity contribution is 5.45. The lowest BCUT2D eigenvalue weighted by Crippen LogP contribution is -2.39. The fourth-order valence-electron chi connectivity index (χ4n) is 2.96. The van der Waals surface area contributed by atoms with Gasteiger partial charge in [-0.15, -0.1) is 15.3 Å². The molecule has 1 saturated carbocycles. The molecule has 0 aromatic carbocycles. The summed E-state index contributed by atoms with van der Waals surface area (Å²) in [6.45, 7) is 0. The van der Waals surface area contributed by atoms with Gasteiger partial charge in [-0.3, -0.25) is 0 Å². The number of anilines is 1. The number of nitrogens with zero attached hydrogens (tertiary/aromatic N) is 5. The third-order valence-corrected chi connectivity index (χ3v) is 3.99. The number of nitrogens with one attached hydrogen (secondary N) is 1. The summed E-state index contributed by atoms with van der Waals surface area (Å²) in [5.41, 5.74) is 0.0773. The van der Waals surface area contributed by atoms with Crippen LogP contribution in [0.1, 0.15) is 25.1 Å². The zero-order chi connectivity index (χ0) is 15.9. The van der Waals surface area contributed by atoms with E-state index >= 15 is 0 Å². The maximum Gasteiger partial charge on any atom is 0.453 e. The van der Waals surface area contributed by atoms with Gasteiger partial charge < -0.3 is 10.2 Å². The Hall–Kier alpha value is -1.90. The van der Waals surface area contributed by atoms with Crippen LogP contribution in [0.15, 0.2) is 12.1 Å². The molecule has 0 radical (unpaired) electrons. The van der Waals surface area contributed by atoms with E-state index in [-0.39, 0.29) is 11.7 Å². The normalized spacial score (nSPS) is 22.6. The van der Waals surface area contributed by atoms with E-state index in [1.54, 1.807) is 6.07 Å². The van der Waals surface area contributed by atoms with Gasteiger partial charge >= 0.3 is 6.18 Å². The van der Waals surface area contributed by atoms with Crippen LogP contribution in [0.5, 0.6) is 0 Å². The molecule has 6 nitrogen and oxygen atoms in total. The molecular weight excluding hydrogens is 297 g/mol. The van der Waals surface area contributed by atoms with Crippen LogP contribution in [0.4, 0.5) is 19.0 Å². The van der Waals surface area contributed by atoms with Crippen molar-refractivity contribution in [2.45, 2.75) is 37.5 Å². The van der Waals surface area contributed by atoms with Gasteiger partial charge in [-0.25, -0.2) is 0 Å². The van der Waals surface area contributed by atoms with Crippen molar-refractivity contribution in [1.29, 1.82) is 0 Å². The average molecular weight is 314 g/mol. The fraction of sp³-hybridized carbons (Fsp3) is 0.615. The molecule has 2 aromatic rings. The summed E-state index contributed by atoms with van der Waals surface area (Å²) in [5, 5.41) is 13.9. The lowest BCUT2D eigenvalue weighted by atomic mass is 10.1. The number of rotatable bonds is 3. The van der Waals surface area contributed by atoms with Crippen LogP contribution in [-0.2, 0) is 6.18 Å². The lowest BCUT2D eigenvalue weighted by molar-refractivity contribution is -0.146. The third-order valence-electron chi connectivity index (χ3n) is 3.99. The standard InChI is InChI=1S/C13H17F3N6/c1-21(2)9-5-3-4-8(9)17-10-6-7-11-18-19-12(13(14,15)16)22(11)20-10/h6-9H,3-5H2,1-2H3,(H,17,20)/t8-,9+/m0/s1. The first kappa shape index (κ1) is 15.0. The van der Waals surface area contributed by atoms with E-state index in [1.807, 2.05) is 14.1 Å². The first-order chi connectivity index (χ1) is 10.4. The number of fused-ring (bicyclic) bond motifs is 1.